The third-order valence-corrected chi connectivity index (χ3v) is 4.50. The number of hydrogen-bond acceptors (Lipinski definition) is 2. The van der Waals surface area contributed by atoms with E-state index in [0.717, 1.165) is 29.5 Å². The molecular weight excluding hydrogens is 292 g/mol. The second-order valence-corrected chi connectivity index (χ2v) is 5.85. The second kappa shape index (κ2) is 5.85. The minimum absolute atomic E-state index is 0.104. The lowest BCUT2D eigenvalue weighted by Crippen LogP contribution is -2.45. The molecule has 1 aromatic carbocycles. The van der Waals surface area contributed by atoms with Crippen molar-refractivity contribution in [2.45, 2.75) is 13.3 Å². The Hall–Kier alpha value is -0.870. The lowest BCUT2D eigenvalue weighted by atomic mass is 9.87. The first-order valence-electron chi connectivity index (χ1n) is 6.37. The lowest BCUT2D eigenvalue weighted by molar-refractivity contribution is 0.0617. The van der Waals surface area contributed by atoms with E-state index < -0.39 is 0 Å². The predicted octanol–water partition coefficient (Wildman–Crippen LogP) is 2.51. The molecule has 0 bridgehead atoms. The maximum absolute atomic E-state index is 12.4. The van der Waals surface area contributed by atoms with E-state index in [4.69, 9.17) is 5.73 Å². The zero-order chi connectivity index (χ0) is 13.1. The summed E-state index contributed by atoms with van der Waals surface area (Å²) in [5, 5.41) is 0. The molecule has 4 heteroatoms. The first kappa shape index (κ1) is 13.6. The largest absolute Gasteiger partial charge is 0.338 e. The molecule has 1 saturated heterocycles. The van der Waals surface area contributed by atoms with Gasteiger partial charge < -0.3 is 10.6 Å². The Morgan fingerprint density at radius 3 is 2.89 bits per heavy atom. The highest BCUT2D eigenvalue weighted by molar-refractivity contribution is 9.10. The van der Waals surface area contributed by atoms with Gasteiger partial charge in [0.1, 0.15) is 0 Å². The van der Waals surface area contributed by atoms with Gasteiger partial charge in [-0.3, -0.25) is 4.79 Å². The van der Waals surface area contributed by atoms with Crippen molar-refractivity contribution in [3.8, 4) is 0 Å². The van der Waals surface area contributed by atoms with Gasteiger partial charge in [0.2, 0.25) is 0 Å². The van der Waals surface area contributed by atoms with E-state index in [1.54, 1.807) is 0 Å². The van der Waals surface area contributed by atoms with Gasteiger partial charge in [0.25, 0.3) is 5.91 Å². The van der Waals surface area contributed by atoms with Crippen LogP contribution in [0, 0.1) is 11.8 Å². The average Bonchev–Trinajstić information content (AvgIpc) is 2.39. The fourth-order valence-electron chi connectivity index (χ4n) is 2.45. The average molecular weight is 311 g/mol. The van der Waals surface area contributed by atoms with Gasteiger partial charge in [0.15, 0.2) is 0 Å². The van der Waals surface area contributed by atoms with Crippen LogP contribution in [0.15, 0.2) is 28.7 Å². The van der Waals surface area contributed by atoms with Crippen molar-refractivity contribution in [3.63, 3.8) is 0 Å². The molecule has 1 aliphatic heterocycles. The van der Waals surface area contributed by atoms with Crippen LogP contribution >= 0.6 is 15.9 Å². The van der Waals surface area contributed by atoms with Crippen molar-refractivity contribution < 1.29 is 4.79 Å². The number of benzene rings is 1. The van der Waals surface area contributed by atoms with E-state index in [9.17, 15) is 4.79 Å². The number of likely N-dealkylation sites (tertiary alicyclic amines) is 1. The molecule has 3 nitrogen and oxygen atoms in total. The van der Waals surface area contributed by atoms with Crippen LogP contribution in [-0.4, -0.2) is 30.4 Å². The Kier molecular flexibility index (Phi) is 4.40. The Bertz CT molecular complexity index is 436. The standard InChI is InChI=1S/C14H19BrN2O/c1-10-6-7-17(9-11(10)8-16)14(18)12-4-2-3-5-13(12)15/h2-5,10-11H,6-9,16H2,1H3. The zero-order valence-electron chi connectivity index (χ0n) is 10.6. The first-order valence-corrected chi connectivity index (χ1v) is 7.16. The topological polar surface area (TPSA) is 46.3 Å². The SMILES string of the molecule is CC1CCN(C(=O)c2ccccc2Br)CC1CN. The van der Waals surface area contributed by atoms with Crippen molar-refractivity contribution in [2.75, 3.05) is 19.6 Å². The van der Waals surface area contributed by atoms with Gasteiger partial charge >= 0.3 is 0 Å². The quantitative estimate of drug-likeness (QED) is 0.912. The zero-order valence-corrected chi connectivity index (χ0v) is 12.2. The Balaban J connectivity index is 2.13. The van der Waals surface area contributed by atoms with Gasteiger partial charge in [-0.15, -0.1) is 0 Å². The van der Waals surface area contributed by atoms with Gasteiger partial charge in [0, 0.05) is 17.6 Å². The molecule has 2 N–H and O–H groups in total. The van der Waals surface area contributed by atoms with Crippen LogP contribution in [0.2, 0.25) is 0 Å². The normalized spacial score (nSPS) is 24.1. The molecule has 0 saturated carbocycles. The molecule has 2 unspecified atom stereocenters. The van der Waals surface area contributed by atoms with E-state index in [0.29, 0.717) is 18.4 Å². The van der Waals surface area contributed by atoms with Gasteiger partial charge in [-0.1, -0.05) is 19.1 Å². The Labute approximate surface area is 116 Å². The van der Waals surface area contributed by atoms with Crippen LogP contribution in [0.25, 0.3) is 0 Å². The number of piperidine rings is 1. The summed E-state index contributed by atoms with van der Waals surface area (Å²) in [6, 6.07) is 7.58. The lowest BCUT2D eigenvalue weighted by Gasteiger charge is -2.36. The number of carbonyl (C=O) groups is 1. The molecule has 1 fully saturated rings. The minimum atomic E-state index is 0.104. The van der Waals surface area contributed by atoms with Crippen LogP contribution in [0.4, 0.5) is 0 Å². The van der Waals surface area contributed by atoms with E-state index in [1.807, 2.05) is 29.2 Å². The van der Waals surface area contributed by atoms with E-state index in [1.165, 1.54) is 0 Å². The molecule has 2 rings (SSSR count). The summed E-state index contributed by atoms with van der Waals surface area (Å²) in [6.07, 6.45) is 1.04. The van der Waals surface area contributed by atoms with Crippen LogP contribution < -0.4 is 5.73 Å². The van der Waals surface area contributed by atoms with Crippen molar-refractivity contribution in [3.05, 3.63) is 34.3 Å². The first-order chi connectivity index (χ1) is 8.63. The fraction of sp³-hybridized carbons (Fsp3) is 0.500. The summed E-state index contributed by atoms with van der Waals surface area (Å²) < 4.78 is 0.859. The van der Waals surface area contributed by atoms with Gasteiger partial charge in [-0.2, -0.15) is 0 Å². The third kappa shape index (κ3) is 2.75. The number of nitrogens with zero attached hydrogens (tertiary/aromatic N) is 1. The van der Waals surface area contributed by atoms with Crippen LogP contribution in [0.1, 0.15) is 23.7 Å². The Morgan fingerprint density at radius 2 is 2.22 bits per heavy atom. The highest BCUT2D eigenvalue weighted by Gasteiger charge is 2.28. The summed E-state index contributed by atoms with van der Waals surface area (Å²) in [6.45, 7) is 4.48. The van der Waals surface area contributed by atoms with Crippen LogP contribution in [0.3, 0.4) is 0 Å². The number of halogens is 1. The molecule has 1 heterocycles. The number of rotatable bonds is 2. The predicted molar refractivity (Wildman–Crippen MR) is 76.4 cm³/mol. The smallest absolute Gasteiger partial charge is 0.255 e. The van der Waals surface area contributed by atoms with Gasteiger partial charge in [-0.05, 0) is 52.9 Å². The number of amides is 1. The van der Waals surface area contributed by atoms with E-state index >= 15 is 0 Å². The maximum Gasteiger partial charge on any atom is 0.255 e. The molecule has 0 spiro atoms. The highest BCUT2D eigenvalue weighted by atomic mass is 79.9. The van der Waals surface area contributed by atoms with Gasteiger partial charge in [0.05, 0.1) is 5.56 Å². The summed E-state index contributed by atoms with van der Waals surface area (Å²) in [4.78, 5) is 14.4. The van der Waals surface area contributed by atoms with Crippen molar-refractivity contribution in [1.82, 2.24) is 4.90 Å². The fourth-order valence-corrected chi connectivity index (χ4v) is 2.90. The molecule has 1 aliphatic rings. The maximum atomic E-state index is 12.4. The molecule has 0 aliphatic carbocycles. The summed E-state index contributed by atoms with van der Waals surface area (Å²) in [5.41, 5.74) is 6.52. The minimum Gasteiger partial charge on any atom is -0.338 e. The van der Waals surface area contributed by atoms with Gasteiger partial charge in [-0.25, -0.2) is 0 Å². The van der Waals surface area contributed by atoms with E-state index in [2.05, 4.69) is 22.9 Å². The van der Waals surface area contributed by atoms with Crippen LogP contribution in [0.5, 0.6) is 0 Å². The monoisotopic (exact) mass is 310 g/mol. The summed E-state index contributed by atoms with van der Waals surface area (Å²) in [5.74, 6) is 1.14. The summed E-state index contributed by atoms with van der Waals surface area (Å²) in [7, 11) is 0. The molecule has 18 heavy (non-hydrogen) atoms. The molecule has 98 valence electrons. The summed E-state index contributed by atoms with van der Waals surface area (Å²) >= 11 is 3.44. The molecule has 0 radical (unpaired) electrons. The van der Waals surface area contributed by atoms with Crippen molar-refractivity contribution >= 4 is 21.8 Å². The van der Waals surface area contributed by atoms with Crippen molar-refractivity contribution in [1.29, 1.82) is 0 Å². The second-order valence-electron chi connectivity index (χ2n) is 4.99. The molecule has 1 amide bonds. The Morgan fingerprint density at radius 1 is 1.50 bits per heavy atom. The molecular formula is C14H19BrN2O. The van der Waals surface area contributed by atoms with Crippen molar-refractivity contribution in [2.24, 2.45) is 17.6 Å². The highest BCUT2D eigenvalue weighted by Crippen LogP contribution is 2.25. The molecule has 0 aromatic heterocycles. The number of hydrogen-bond donors (Lipinski definition) is 1. The number of carbonyl (C=O) groups excluding carboxylic acids is 1. The number of nitrogens with two attached hydrogens (primary N) is 1. The third-order valence-electron chi connectivity index (χ3n) is 3.81. The molecule has 2 atom stereocenters. The van der Waals surface area contributed by atoms with Crippen LogP contribution in [-0.2, 0) is 0 Å². The molecule has 1 aromatic rings. The van der Waals surface area contributed by atoms with E-state index in [-0.39, 0.29) is 5.91 Å².